The molecule has 0 amide bonds. The van der Waals surface area contributed by atoms with Crippen molar-refractivity contribution in [3.05, 3.63) is 76.6 Å². The van der Waals surface area contributed by atoms with Gasteiger partial charge in [-0.15, -0.1) is 0 Å². The van der Waals surface area contributed by atoms with Gasteiger partial charge in [-0.2, -0.15) is 0 Å². The smallest absolute Gasteiger partial charge is 0.338 e. The van der Waals surface area contributed by atoms with E-state index in [9.17, 15) is 14.7 Å². The van der Waals surface area contributed by atoms with E-state index in [2.05, 4.69) is 28.5 Å². The van der Waals surface area contributed by atoms with Crippen molar-refractivity contribution in [2.45, 2.75) is 91.8 Å². The monoisotopic (exact) mass is 559 g/mol. The van der Waals surface area contributed by atoms with E-state index in [1.807, 2.05) is 37.4 Å². The number of unbranched alkanes of at least 4 members (excludes halogenated alkanes) is 1. The quantitative estimate of drug-likeness (QED) is 0.208. The van der Waals surface area contributed by atoms with Gasteiger partial charge in [-0.05, 0) is 61.8 Å². The van der Waals surface area contributed by atoms with Gasteiger partial charge in [-0.25, -0.2) is 14.6 Å². The molecular formula is C34H45N3O4. The van der Waals surface area contributed by atoms with Gasteiger partial charge in [-0.1, -0.05) is 69.9 Å². The van der Waals surface area contributed by atoms with E-state index in [4.69, 9.17) is 9.72 Å². The van der Waals surface area contributed by atoms with Crippen LogP contribution >= 0.6 is 0 Å². The molecule has 0 spiro atoms. The minimum Gasteiger partial charge on any atom is -0.478 e. The zero-order valence-electron chi connectivity index (χ0n) is 24.9. The fourth-order valence-electron chi connectivity index (χ4n) is 6.11. The Bertz CT molecular complexity index is 1290. The van der Waals surface area contributed by atoms with Gasteiger partial charge >= 0.3 is 11.9 Å². The Kier molecular flexibility index (Phi) is 11.1. The molecule has 0 radical (unpaired) electrons. The van der Waals surface area contributed by atoms with Crippen LogP contribution in [0.4, 0.5) is 0 Å². The molecule has 2 aromatic carbocycles. The number of ether oxygens (including phenoxy) is 1. The second-order valence-corrected chi connectivity index (χ2v) is 11.2. The van der Waals surface area contributed by atoms with Gasteiger partial charge < -0.3 is 14.4 Å². The lowest BCUT2D eigenvalue weighted by Crippen LogP contribution is -2.31. The van der Waals surface area contributed by atoms with Crippen LogP contribution in [0.15, 0.2) is 48.7 Å². The topological polar surface area (TPSA) is 84.7 Å². The summed E-state index contributed by atoms with van der Waals surface area (Å²) in [7, 11) is 0. The average molecular weight is 560 g/mol. The molecule has 1 aromatic heterocycles. The van der Waals surface area contributed by atoms with E-state index in [-0.39, 0.29) is 12.2 Å². The summed E-state index contributed by atoms with van der Waals surface area (Å²) in [6.45, 7) is 9.16. The van der Waals surface area contributed by atoms with E-state index in [0.29, 0.717) is 36.6 Å². The molecule has 0 saturated heterocycles. The SMILES string of the molecule is CCCCn1c(CN(Cc2cc(C(=O)O)c(CC)c(C(=O)OCC)c2)CC2CCCCC2)cnc1-c1ccccc1. The zero-order chi connectivity index (χ0) is 29.2. The van der Waals surface area contributed by atoms with Crippen molar-refractivity contribution < 1.29 is 19.4 Å². The van der Waals surface area contributed by atoms with Crippen molar-refractivity contribution in [2.24, 2.45) is 5.92 Å². The van der Waals surface area contributed by atoms with E-state index in [0.717, 1.165) is 48.6 Å². The number of carboxylic acid groups (broad SMARTS) is 1. The molecule has 41 heavy (non-hydrogen) atoms. The van der Waals surface area contributed by atoms with Crippen LogP contribution in [0.3, 0.4) is 0 Å². The highest BCUT2D eigenvalue weighted by molar-refractivity contribution is 5.97. The Hall–Kier alpha value is -3.45. The van der Waals surface area contributed by atoms with Gasteiger partial charge in [0.15, 0.2) is 0 Å². The number of hydrogen-bond donors (Lipinski definition) is 1. The molecule has 3 aromatic rings. The fourth-order valence-corrected chi connectivity index (χ4v) is 6.11. The first kappa shape index (κ1) is 30.5. The Morgan fingerprint density at radius 2 is 1.76 bits per heavy atom. The largest absolute Gasteiger partial charge is 0.478 e. The predicted octanol–water partition coefficient (Wildman–Crippen LogP) is 7.37. The zero-order valence-corrected chi connectivity index (χ0v) is 24.9. The normalized spacial score (nSPS) is 14.0. The molecule has 0 bridgehead atoms. The lowest BCUT2D eigenvalue weighted by molar-refractivity contribution is 0.0524. The fraction of sp³-hybridized carbons (Fsp3) is 0.500. The molecule has 1 aliphatic carbocycles. The van der Waals surface area contributed by atoms with Gasteiger partial charge in [0, 0.05) is 31.7 Å². The Morgan fingerprint density at radius 3 is 2.41 bits per heavy atom. The number of rotatable bonds is 14. The van der Waals surface area contributed by atoms with Crippen LogP contribution < -0.4 is 0 Å². The van der Waals surface area contributed by atoms with Crippen molar-refractivity contribution >= 4 is 11.9 Å². The molecule has 0 aliphatic heterocycles. The number of carbonyl (C=O) groups is 2. The van der Waals surface area contributed by atoms with Crippen LogP contribution in [0.1, 0.15) is 103 Å². The molecule has 7 nitrogen and oxygen atoms in total. The van der Waals surface area contributed by atoms with E-state index < -0.39 is 11.9 Å². The minimum absolute atomic E-state index is 0.185. The molecule has 220 valence electrons. The molecular weight excluding hydrogens is 514 g/mol. The summed E-state index contributed by atoms with van der Waals surface area (Å²) in [5, 5.41) is 10.0. The van der Waals surface area contributed by atoms with Gasteiger partial charge in [0.2, 0.25) is 0 Å². The maximum absolute atomic E-state index is 12.9. The Morgan fingerprint density at radius 1 is 1.02 bits per heavy atom. The maximum atomic E-state index is 12.9. The number of carbonyl (C=O) groups excluding carboxylic acids is 1. The molecule has 4 rings (SSSR count). The van der Waals surface area contributed by atoms with Crippen LogP contribution in [-0.2, 0) is 30.8 Å². The molecule has 1 heterocycles. The summed E-state index contributed by atoms with van der Waals surface area (Å²) in [6.07, 6.45) is 10.8. The summed E-state index contributed by atoms with van der Waals surface area (Å²) in [6, 6.07) is 13.9. The van der Waals surface area contributed by atoms with Crippen molar-refractivity contribution in [2.75, 3.05) is 13.2 Å². The lowest BCUT2D eigenvalue weighted by atomic mass is 9.88. The minimum atomic E-state index is -1.02. The summed E-state index contributed by atoms with van der Waals surface area (Å²) in [4.78, 5) is 32.4. The molecule has 7 heteroatoms. The standard InChI is InChI=1S/C34H45N3O4/c1-4-7-18-37-28(21-35-32(37)27-16-12-9-13-17-27)24-36(22-25-14-10-8-11-15-25)23-26-19-30(33(38)39)29(5-2)31(20-26)34(40)41-6-3/h9,12-13,16-17,19-21,25H,4-8,10-11,14-15,18,22-24H2,1-3H3,(H,38,39). The van der Waals surface area contributed by atoms with Crippen LogP contribution in [0.5, 0.6) is 0 Å². The van der Waals surface area contributed by atoms with Gasteiger partial charge in [-0.3, -0.25) is 4.90 Å². The first-order valence-corrected chi connectivity index (χ1v) is 15.3. The van der Waals surface area contributed by atoms with Crippen LogP contribution in [0.25, 0.3) is 11.4 Å². The summed E-state index contributed by atoms with van der Waals surface area (Å²) < 4.78 is 7.67. The first-order valence-electron chi connectivity index (χ1n) is 15.3. The second kappa shape index (κ2) is 15.0. The van der Waals surface area contributed by atoms with Crippen molar-refractivity contribution in [1.29, 1.82) is 0 Å². The molecule has 1 aliphatic rings. The highest BCUT2D eigenvalue weighted by Crippen LogP contribution is 2.28. The number of aromatic nitrogens is 2. The van der Waals surface area contributed by atoms with E-state index in [1.165, 1.54) is 32.1 Å². The number of nitrogens with zero attached hydrogens (tertiary/aromatic N) is 3. The highest BCUT2D eigenvalue weighted by atomic mass is 16.5. The van der Waals surface area contributed by atoms with Gasteiger partial charge in [0.25, 0.3) is 0 Å². The molecule has 1 N–H and O–H groups in total. The Balaban J connectivity index is 1.70. The van der Waals surface area contributed by atoms with E-state index in [1.54, 1.807) is 13.0 Å². The average Bonchev–Trinajstić information content (AvgIpc) is 3.38. The molecule has 0 unspecified atom stereocenters. The molecule has 1 saturated carbocycles. The van der Waals surface area contributed by atoms with Crippen LogP contribution in [-0.4, -0.2) is 44.6 Å². The number of benzene rings is 2. The van der Waals surface area contributed by atoms with Crippen LogP contribution in [0.2, 0.25) is 0 Å². The molecule has 1 fully saturated rings. The third-order valence-electron chi connectivity index (χ3n) is 8.13. The first-order chi connectivity index (χ1) is 19.9. The van der Waals surface area contributed by atoms with Crippen LogP contribution in [0, 0.1) is 5.92 Å². The van der Waals surface area contributed by atoms with Gasteiger partial charge in [0.1, 0.15) is 5.82 Å². The predicted molar refractivity (Wildman–Crippen MR) is 162 cm³/mol. The number of carboxylic acids is 1. The van der Waals surface area contributed by atoms with Gasteiger partial charge in [0.05, 0.1) is 29.6 Å². The van der Waals surface area contributed by atoms with Crippen molar-refractivity contribution in [1.82, 2.24) is 14.5 Å². The summed E-state index contributed by atoms with van der Waals surface area (Å²) in [5.74, 6) is 0.107. The maximum Gasteiger partial charge on any atom is 0.338 e. The number of aromatic carboxylic acids is 1. The summed E-state index contributed by atoms with van der Waals surface area (Å²) >= 11 is 0. The third-order valence-corrected chi connectivity index (χ3v) is 8.13. The lowest BCUT2D eigenvalue weighted by Gasteiger charge is -2.30. The number of esters is 1. The van der Waals surface area contributed by atoms with Crippen molar-refractivity contribution in [3.8, 4) is 11.4 Å². The Labute approximate surface area is 244 Å². The summed E-state index contributed by atoms with van der Waals surface area (Å²) in [5.41, 5.74) is 4.16. The number of imidazole rings is 1. The van der Waals surface area contributed by atoms with Crippen molar-refractivity contribution in [3.63, 3.8) is 0 Å². The molecule has 0 atom stereocenters. The third kappa shape index (κ3) is 7.85. The second-order valence-electron chi connectivity index (χ2n) is 11.2. The van der Waals surface area contributed by atoms with E-state index >= 15 is 0 Å². The number of hydrogen-bond acceptors (Lipinski definition) is 5. The highest BCUT2D eigenvalue weighted by Gasteiger charge is 2.24.